The third-order valence-corrected chi connectivity index (χ3v) is 5.07. The van der Waals surface area contributed by atoms with Crippen LogP contribution in [0.3, 0.4) is 0 Å². The van der Waals surface area contributed by atoms with Gasteiger partial charge in [-0.05, 0) is 44.1 Å². The van der Waals surface area contributed by atoms with Crippen LogP contribution in [0.4, 0.5) is 0 Å². The normalized spacial score (nSPS) is 33.1. The van der Waals surface area contributed by atoms with Gasteiger partial charge in [-0.1, -0.05) is 37.1 Å². The highest BCUT2D eigenvalue weighted by molar-refractivity contribution is 5.83. The minimum atomic E-state index is -0.241. The molecule has 0 radical (unpaired) electrons. The second-order valence-corrected chi connectivity index (χ2v) is 6.49. The molecule has 2 saturated carbocycles. The van der Waals surface area contributed by atoms with Crippen LogP contribution < -0.4 is 0 Å². The molecule has 0 saturated heterocycles. The summed E-state index contributed by atoms with van der Waals surface area (Å²) >= 11 is 0. The lowest BCUT2D eigenvalue weighted by atomic mass is 9.69. The molecule has 3 rings (SSSR count). The number of rotatable bonds is 5. The van der Waals surface area contributed by atoms with Gasteiger partial charge in [0.15, 0.2) is 0 Å². The molecule has 0 aromatic rings. The summed E-state index contributed by atoms with van der Waals surface area (Å²) in [6.07, 6.45) is 18.2. The van der Waals surface area contributed by atoms with Crippen molar-refractivity contribution in [3.63, 3.8) is 0 Å². The van der Waals surface area contributed by atoms with Gasteiger partial charge in [0, 0.05) is 12.0 Å². The first-order valence-corrected chi connectivity index (χ1v) is 8.66. The van der Waals surface area contributed by atoms with E-state index in [2.05, 4.69) is 12.2 Å². The third kappa shape index (κ3) is 3.52. The lowest BCUT2D eigenvalue weighted by Gasteiger charge is -2.43. The van der Waals surface area contributed by atoms with E-state index >= 15 is 0 Å². The van der Waals surface area contributed by atoms with Gasteiger partial charge in [0.2, 0.25) is 0 Å². The van der Waals surface area contributed by atoms with E-state index < -0.39 is 0 Å². The number of ether oxygens (including phenoxy) is 2. The SMILES string of the molecule is CCOC(=O)/C=C1/C=CC=CC1C1CCC1OC1CCCC1. The van der Waals surface area contributed by atoms with Crippen molar-refractivity contribution < 1.29 is 14.3 Å². The maximum atomic E-state index is 11.8. The number of carbonyl (C=O) groups is 1. The Morgan fingerprint density at radius 3 is 2.73 bits per heavy atom. The van der Waals surface area contributed by atoms with Crippen LogP contribution in [-0.4, -0.2) is 24.8 Å². The van der Waals surface area contributed by atoms with Crippen LogP contribution in [0.2, 0.25) is 0 Å². The van der Waals surface area contributed by atoms with Crippen molar-refractivity contribution in [1.82, 2.24) is 0 Å². The second-order valence-electron chi connectivity index (χ2n) is 6.49. The topological polar surface area (TPSA) is 35.5 Å². The molecular formula is C19H26O3. The molecule has 2 fully saturated rings. The first-order chi connectivity index (χ1) is 10.8. The lowest BCUT2D eigenvalue weighted by molar-refractivity contribution is -0.137. The van der Waals surface area contributed by atoms with Gasteiger partial charge in [-0.3, -0.25) is 0 Å². The lowest BCUT2D eigenvalue weighted by Crippen LogP contribution is -2.41. The van der Waals surface area contributed by atoms with Crippen molar-refractivity contribution in [2.45, 2.75) is 57.7 Å². The maximum absolute atomic E-state index is 11.8. The zero-order valence-corrected chi connectivity index (χ0v) is 13.4. The highest BCUT2D eigenvalue weighted by Crippen LogP contribution is 2.43. The monoisotopic (exact) mass is 302 g/mol. The third-order valence-electron chi connectivity index (χ3n) is 5.07. The number of allylic oxidation sites excluding steroid dienone is 5. The van der Waals surface area contributed by atoms with E-state index in [9.17, 15) is 4.79 Å². The summed E-state index contributed by atoms with van der Waals surface area (Å²) in [5.74, 6) is 0.548. The summed E-state index contributed by atoms with van der Waals surface area (Å²) < 4.78 is 11.4. The Labute approximate surface area is 133 Å². The smallest absolute Gasteiger partial charge is 0.331 e. The van der Waals surface area contributed by atoms with Crippen molar-refractivity contribution in [2.75, 3.05) is 6.61 Å². The molecule has 120 valence electrons. The van der Waals surface area contributed by atoms with Crippen molar-refractivity contribution in [3.05, 3.63) is 36.0 Å². The summed E-state index contributed by atoms with van der Waals surface area (Å²) in [6.45, 7) is 2.26. The number of hydrogen-bond donors (Lipinski definition) is 0. The Morgan fingerprint density at radius 1 is 1.23 bits per heavy atom. The quantitative estimate of drug-likeness (QED) is 0.569. The fourth-order valence-electron chi connectivity index (χ4n) is 3.77. The predicted octanol–water partition coefficient (Wildman–Crippen LogP) is 3.96. The molecule has 0 aromatic carbocycles. The zero-order chi connectivity index (χ0) is 15.4. The van der Waals surface area contributed by atoms with Gasteiger partial charge < -0.3 is 9.47 Å². The minimum Gasteiger partial charge on any atom is -0.463 e. The van der Waals surface area contributed by atoms with Crippen molar-refractivity contribution >= 4 is 5.97 Å². The van der Waals surface area contributed by atoms with Crippen molar-refractivity contribution in [2.24, 2.45) is 11.8 Å². The number of hydrogen-bond acceptors (Lipinski definition) is 3. The summed E-state index contributed by atoms with van der Waals surface area (Å²) in [4.78, 5) is 11.8. The largest absolute Gasteiger partial charge is 0.463 e. The summed E-state index contributed by atoms with van der Waals surface area (Å²) in [5, 5.41) is 0. The molecule has 3 unspecified atom stereocenters. The zero-order valence-electron chi connectivity index (χ0n) is 13.4. The highest BCUT2D eigenvalue weighted by atomic mass is 16.5. The van der Waals surface area contributed by atoms with Crippen LogP contribution in [0.1, 0.15) is 45.4 Å². The highest BCUT2D eigenvalue weighted by Gasteiger charge is 2.39. The summed E-state index contributed by atoms with van der Waals surface area (Å²) in [5.41, 5.74) is 1.06. The van der Waals surface area contributed by atoms with Gasteiger partial charge in [-0.25, -0.2) is 4.79 Å². The van der Waals surface area contributed by atoms with E-state index in [-0.39, 0.29) is 11.9 Å². The Balaban J connectivity index is 1.64. The van der Waals surface area contributed by atoms with E-state index in [1.165, 1.54) is 32.1 Å². The van der Waals surface area contributed by atoms with Gasteiger partial charge in [0.25, 0.3) is 0 Å². The molecule has 3 aliphatic rings. The summed E-state index contributed by atoms with van der Waals surface area (Å²) in [7, 11) is 0. The van der Waals surface area contributed by atoms with E-state index in [0.29, 0.717) is 24.7 Å². The molecule has 0 spiro atoms. The second kappa shape index (κ2) is 7.28. The van der Waals surface area contributed by atoms with Crippen LogP contribution in [0.5, 0.6) is 0 Å². The Bertz CT molecular complexity index is 483. The molecule has 3 nitrogen and oxygen atoms in total. The molecule has 0 bridgehead atoms. The molecule has 22 heavy (non-hydrogen) atoms. The van der Waals surface area contributed by atoms with E-state index in [0.717, 1.165) is 12.0 Å². The van der Waals surface area contributed by atoms with Crippen LogP contribution >= 0.6 is 0 Å². The van der Waals surface area contributed by atoms with Crippen molar-refractivity contribution in [1.29, 1.82) is 0 Å². The fourth-order valence-corrected chi connectivity index (χ4v) is 3.77. The maximum Gasteiger partial charge on any atom is 0.331 e. The average Bonchev–Trinajstić information content (AvgIpc) is 2.99. The van der Waals surface area contributed by atoms with Gasteiger partial charge in [0.1, 0.15) is 0 Å². The average molecular weight is 302 g/mol. The molecule has 3 heteroatoms. The predicted molar refractivity (Wildman–Crippen MR) is 86.3 cm³/mol. The van der Waals surface area contributed by atoms with Crippen LogP contribution in [0.15, 0.2) is 36.0 Å². The van der Waals surface area contributed by atoms with Gasteiger partial charge in [-0.15, -0.1) is 0 Å². The molecule has 0 amide bonds. The van der Waals surface area contributed by atoms with E-state index in [4.69, 9.17) is 9.47 Å². The van der Waals surface area contributed by atoms with Crippen LogP contribution in [0.25, 0.3) is 0 Å². The van der Waals surface area contributed by atoms with Crippen molar-refractivity contribution in [3.8, 4) is 0 Å². The number of carbonyl (C=O) groups excluding carboxylic acids is 1. The molecule has 0 aliphatic heterocycles. The molecule has 3 aliphatic carbocycles. The molecule has 3 atom stereocenters. The standard InChI is InChI=1S/C19H26O3/c1-2-21-19(20)13-14-7-3-6-10-16(14)17-11-12-18(17)22-15-8-4-5-9-15/h3,6-7,10,13,15-18H,2,4-5,8-9,11-12H2,1H3/b14-13-. The van der Waals surface area contributed by atoms with Gasteiger partial charge >= 0.3 is 5.97 Å². The Kier molecular flexibility index (Phi) is 5.14. The minimum absolute atomic E-state index is 0.241. The van der Waals surface area contributed by atoms with Gasteiger partial charge in [-0.2, -0.15) is 0 Å². The van der Waals surface area contributed by atoms with Gasteiger partial charge in [0.05, 0.1) is 18.8 Å². The van der Waals surface area contributed by atoms with E-state index in [1.807, 2.05) is 19.1 Å². The molecule has 0 aromatic heterocycles. The fraction of sp³-hybridized carbons (Fsp3) is 0.632. The van der Waals surface area contributed by atoms with Crippen LogP contribution in [0, 0.1) is 11.8 Å². The van der Waals surface area contributed by atoms with Crippen LogP contribution in [-0.2, 0) is 14.3 Å². The molecule has 0 heterocycles. The Morgan fingerprint density at radius 2 is 2.05 bits per heavy atom. The molecular weight excluding hydrogens is 276 g/mol. The first kappa shape index (κ1) is 15.5. The summed E-state index contributed by atoms with van der Waals surface area (Å²) in [6, 6.07) is 0. The molecule has 0 N–H and O–H groups in total. The Hall–Kier alpha value is -1.35. The van der Waals surface area contributed by atoms with E-state index in [1.54, 1.807) is 6.08 Å². The number of esters is 1. The first-order valence-electron chi connectivity index (χ1n) is 8.66.